The molecule has 1 aromatic rings. The van der Waals surface area contributed by atoms with Crippen molar-refractivity contribution in [2.45, 2.75) is 13.3 Å². The number of hydrogen-bond acceptors (Lipinski definition) is 1. The van der Waals surface area contributed by atoms with Crippen LogP contribution in [-0.4, -0.2) is 7.11 Å². The van der Waals surface area contributed by atoms with Crippen LogP contribution in [0.2, 0.25) is 0 Å². The second-order valence-corrected chi connectivity index (χ2v) is 2.32. The number of halogens is 1. The van der Waals surface area contributed by atoms with Gasteiger partial charge in [-0.1, -0.05) is 13.0 Å². The average Bonchev–Trinajstić information content (AvgIpc) is 2.05. The second-order valence-electron chi connectivity index (χ2n) is 2.32. The molecule has 0 spiro atoms. The smallest absolute Gasteiger partial charge is 0.165 e. The lowest BCUT2D eigenvalue weighted by Crippen LogP contribution is -1.89. The third kappa shape index (κ3) is 1.70. The van der Waals surface area contributed by atoms with Gasteiger partial charge in [0.1, 0.15) is 0 Å². The molecule has 0 aliphatic carbocycles. The Hall–Kier alpha value is -1.05. The number of rotatable bonds is 2. The molecule has 1 aromatic carbocycles. The summed E-state index contributed by atoms with van der Waals surface area (Å²) < 4.78 is 17.6. The van der Waals surface area contributed by atoms with Crippen LogP contribution in [0.15, 0.2) is 18.2 Å². The van der Waals surface area contributed by atoms with E-state index in [9.17, 15) is 4.39 Å². The van der Waals surface area contributed by atoms with E-state index in [1.807, 2.05) is 6.92 Å². The fourth-order valence-electron chi connectivity index (χ4n) is 0.924. The summed E-state index contributed by atoms with van der Waals surface area (Å²) in [4.78, 5) is 0. The van der Waals surface area contributed by atoms with Crippen molar-refractivity contribution >= 4 is 0 Å². The van der Waals surface area contributed by atoms with Gasteiger partial charge in [0.05, 0.1) is 7.11 Å². The summed E-state index contributed by atoms with van der Waals surface area (Å²) in [6.45, 7) is 2.02. The van der Waals surface area contributed by atoms with Crippen LogP contribution in [0.4, 0.5) is 4.39 Å². The largest absolute Gasteiger partial charge is 0.494 e. The van der Waals surface area contributed by atoms with Crippen LogP contribution in [-0.2, 0) is 6.42 Å². The molecule has 0 saturated carbocycles. The van der Waals surface area contributed by atoms with E-state index >= 15 is 0 Å². The van der Waals surface area contributed by atoms with Crippen LogP contribution in [0.25, 0.3) is 0 Å². The third-order valence-corrected chi connectivity index (χ3v) is 1.62. The molecule has 0 aromatic heterocycles. The van der Waals surface area contributed by atoms with Crippen molar-refractivity contribution in [2.24, 2.45) is 0 Å². The van der Waals surface area contributed by atoms with Crippen molar-refractivity contribution in [2.75, 3.05) is 7.11 Å². The zero-order chi connectivity index (χ0) is 8.27. The maximum absolute atomic E-state index is 12.8. The second kappa shape index (κ2) is 3.37. The van der Waals surface area contributed by atoms with E-state index in [-0.39, 0.29) is 5.82 Å². The lowest BCUT2D eigenvalue weighted by molar-refractivity contribution is 0.386. The highest BCUT2D eigenvalue weighted by atomic mass is 19.1. The van der Waals surface area contributed by atoms with Crippen molar-refractivity contribution in [3.05, 3.63) is 29.6 Å². The molecule has 11 heavy (non-hydrogen) atoms. The first kappa shape index (κ1) is 8.05. The van der Waals surface area contributed by atoms with Crippen molar-refractivity contribution in [3.8, 4) is 5.75 Å². The Morgan fingerprint density at radius 2 is 2.18 bits per heavy atom. The lowest BCUT2D eigenvalue weighted by atomic mass is 10.1. The SMILES string of the molecule is CCc1ccc(F)c(OC)c1. The van der Waals surface area contributed by atoms with Gasteiger partial charge >= 0.3 is 0 Å². The molecular formula is C9H11FO. The van der Waals surface area contributed by atoms with Gasteiger partial charge in [-0.05, 0) is 24.1 Å². The van der Waals surface area contributed by atoms with Crippen molar-refractivity contribution in [1.82, 2.24) is 0 Å². The summed E-state index contributed by atoms with van der Waals surface area (Å²) in [7, 11) is 1.47. The molecular weight excluding hydrogens is 143 g/mol. The lowest BCUT2D eigenvalue weighted by Gasteiger charge is -2.02. The molecule has 0 N–H and O–H groups in total. The number of ether oxygens (including phenoxy) is 1. The van der Waals surface area contributed by atoms with E-state index in [1.165, 1.54) is 13.2 Å². The van der Waals surface area contributed by atoms with Gasteiger partial charge in [0.25, 0.3) is 0 Å². The number of aryl methyl sites for hydroxylation is 1. The highest BCUT2D eigenvalue weighted by molar-refractivity contribution is 5.30. The predicted molar refractivity (Wildman–Crippen MR) is 42.3 cm³/mol. The Bertz CT molecular complexity index is 245. The number of hydrogen-bond donors (Lipinski definition) is 0. The van der Waals surface area contributed by atoms with Crippen LogP contribution in [0.5, 0.6) is 5.75 Å². The van der Waals surface area contributed by atoms with Gasteiger partial charge in [0.2, 0.25) is 0 Å². The van der Waals surface area contributed by atoms with E-state index in [0.29, 0.717) is 5.75 Å². The van der Waals surface area contributed by atoms with Gasteiger partial charge < -0.3 is 4.74 Å². The fraction of sp³-hybridized carbons (Fsp3) is 0.333. The first-order chi connectivity index (χ1) is 5.27. The summed E-state index contributed by atoms with van der Waals surface area (Å²) in [5.41, 5.74) is 1.09. The van der Waals surface area contributed by atoms with Crippen LogP contribution in [0.1, 0.15) is 12.5 Å². The zero-order valence-corrected chi connectivity index (χ0v) is 6.73. The molecule has 0 unspecified atom stereocenters. The van der Waals surface area contributed by atoms with Gasteiger partial charge in [-0.25, -0.2) is 4.39 Å². The monoisotopic (exact) mass is 154 g/mol. The van der Waals surface area contributed by atoms with E-state index in [1.54, 1.807) is 12.1 Å². The molecule has 2 heteroatoms. The molecule has 0 fully saturated rings. The Kier molecular flexibility index (Phi) is 2.47. The Labute approximate surface area is 65.8 Å². The van der Waals surface area contributed by atoms with E-state index in [2.05, 4.69) is 0 Å². The zero-order valence-electron chi connectivity index (χ0n) is 6.73. The van der Waals surface area contributed by atoms with Gasteiger partial charge in [-0.3, -0.25) is 0 Å². The molecule has 0 radical (unpaired) electrons. The first-order valence-electron chi connectivity index (χ1n) is 3.60. The molecule has 0 heterocycles. The van der Waals surface area contributed by atoms with Gasteiger partial charge in [0.15, 0.2) is 11.6 Å². The third-order valence-electron chi connectivity index (χ3n) is 1.62. The average molecular weight is 154 g/mol. The Balaban J connectivity index is 3.02. The van der Waals surface area contributed by atoms with Crippen LogP contribution < -0.4 is 4.74 Å². The topological polar surface area (TPSA) is 9.23 Å². The van der Waals surface area contributed by atoms with Gasteiger partial charge in [-0.2, -0.15) is 0 Å². The van der Waals surface area contributed by atoms with E-state index in [0.717, 1.165) is 12.0 Å². The van der Waals surface area contributed by atoms with E-state index in [4.69, 9.17) is 4.74 Å². The minimum absolute atomic E-state index is 0.301. The summed E-state index contributed by atoms with van der Waals surface area (Å²) in [6.07, 6.45) is 0.899. The summed E-state index contributed by atoms with van der Waals surface area (Å²) >= 11 is 0. The minimum Gasteiger partial charge on any atom is -0.494 e. The molecule has 60 valence electrons. The maximum Gasteiger partial charge on any atom is 0.165 e. The molecule has 0 saturated heterocycles. The first-order valence-corrected chi connectivity index (χ1v) is 3.60. The predicted octanol–water partition coefficient (Wildman–Crippen LogP) is 2.40. The van der Waals surface area contributed by atoms with Crippen molar-refractivity contribution in [3.63, 3.8) is 0 Å². The molecule has 0 atom stereocenters. The van der Waals surface area contributed by atoms with Gasteiger partial charge in [0, 0.05) is 0 Å². The molecule has 0 bridgehead atoms. The summed E-state index contributed by atoms with van der Waals surface area (Å²) in [5.74, 6) is 0.0223. The molecule has 1 nitrogen and oxygen atoms in total. The fourth-order valence-corrected chi connectivity index (χ4v) is 0.924. The number of methoxy groups -OCH3 is 1. The quantitative estimate of drug-likeness (QED) is 0.635. The van der Waals surface area contributed by atoms with Crippen molar-refractivity contribution < 1.29 is 9.13 Å². The highest BCUT2D eigenvalue weighted by Gasteiger charge is 2.00. The standard InChI is InChI=1S/C9H11FO/c1-3-7-4-5-8(10)9(6-7)11-2/h4-6H,3H2,1-2H3. The normalized spacial score (nSPS) is 9.73. The Morgan fingerprint density at radius 3 is 2.73 bits per heavy atom. The maximum atomic E-state index is 12.8. The van der Waals surface area contributed by atoms with Crippen LogP contribution in [0, 0.1) is 5.82 Å². The van der Waals surface area contributed by atoms with Crippen LogP contribution in [0.3, 0.4) is 0 Å². The summed E-state index contributed by atoms with van der Waals surface area (Å²) in [6, 6.07) is 4.91. The van der Waals surface area contributed by atoms with Gasteiger partial charge in [-0.15, -0.1) is 0 Å². The highest BCUT2D eigenvalue weighted by Crippen LogP contribution is 2.17. The molecule has 0 aliphatic rings. The Morgan fingerprint density at radius 1 is 1.45 bits per heavy atom. The van der Waals surface area contributed by atoms with Crippen molar-refractivity contribution in [1.29, 1.82) is 0 Å². The van der Waals surface area contributed by atoms with Crippen LogP contribution >= 0.6 is 0 Å². The molecule has 0 aliphatic heterocycles. The number of benzene rings is 1. The molecule has 1 rings (SSSR count). The van der Waals surface area contributed by atoms with E-state index < -0.39 is 0 Å². The summed E-state index contributed by atoms with van der Waals surface area (Å²) in [5, 5.41) is 0. The minimum atomic E-state index is -0.301. The molecule has 0 amide bonds.